The molecule has 118 valence electrons. The summed E-state index contributed by atoms with van der Waals surface area (Å²) < 4.78 is 53.2. The van der Waals surface area contributed by atoms with Crippen molar-refractivity contribution in [1.29, 1.82) is 0 Å². The van der Waals surface area contributed by atoms with Crippen molar-refractivity contribution >= 4 is 15.7 Å². The zero-order valence-corrected chi connectivity index (χ0v) is 12.2. The van der Waals surface area contributed by atoms with Gasteiger partial charge in [0, 0.05) is 12.2 Å². The fraction of sp³-hybridized carbons (Fsp3) is 0.538. The van der Waals surface area contributed by atoms with Gasteiger partial charge in [0.2, 0.25) is 10.0 Å². The van der Waals surface area contributed by atoms with Crippen LogP contribution in [0.2, 0.25) is 0 Å². The van der Waals surface area contributed by atoms with Gasteiger partial charge in [-0.3, -0.25) is 0 Å². The van der Waals surface area contributed by atoms with E-state index < -0.39 is 26.6 Å². The van der Waals surface area contributed by atoms with Gasteiger partial charge in [-0.15, -0.1) is 0 Å². The maximum atomic E-state index is 13.6. The third kappa shape index (κ3) is 3.90. The highest BCUT2D eigenvalue weighted by molar-refractivity contribution is 7.89. The maximum absolute atomic E-state index is 13.6. The highest BCUT2D eigenvalue weighted by atomic mass is 32.2. The third-order valence-corrected chi connectivity index (χ3v) is 5.11. The molecule has 0 aromatic heterocycles. The molecular formula is C13H18F2N2O3S. The number of rotatable bonds is 4. The summed E-state index contributed by atoms with van der Waals surface area (Å²) in [6, 6.07) is 1.63. The van der Waals surface area contributed by atoms with E-state index in [9.17, 15) is 22.3 Å². The minimum absolute atomic E-state index is 0.0807. The van der Waals surface area contributed by atoms with Crippen LogP contribution in [0, 0.1) is 17.6 Å². The van der Waals surface area contributed by atoms with Gasteiger partial charge in [0.15, 0.2) is 11.6 Å². The lowest BCUT2D eigenvalue weighted by atomic mass is 9.88. The molecular weight excluding hydrogens is 302 g/mol. The molecule has 1 aliphatic carbocycles. The summed E-state index contributed by atoms with van der Waals surface area (Å²) in [4.78, 5) is -0.782. The first-order valence-electron chi connectivity index (χ1n) is 6.72. The highest BCUT2D eigenvalue weighted by Crippen LogP contribution is 2.25. The number of hydrogen-bond acceptors (Lipinski definition) is 4. The van der Waals surface area contributed by atoms with Gasteiger partial charge in [-0.05, 0) is 43.7 Å². The Morgan fingerprint density at radius 1 is 1.24 bits per heavy atom. The fourth-order valence-corrected chi connectivity index (χ4v) is 3.67. The summed E-state index contributed by atoms with van der Waals surface area (Å²) >= 11 is 0. The average Bonchev–Trinajstić information content (AvgIpc) is 2.42. The molecule has 1 saturated carbocycles. The summed E-state index contributed by atoms with van der Waals surface area (Å²) in [7, 11) is -4.16. The molecule has 1 aliphatic rings. The van der Waals surface area contributed by atoms with Crippen LogP contribution in [0.1, 0.15) is 25.7 Å². The molecule has 2 rings (SSSR count). The van der Waals surface area contributed by atoms with E-state index in [0.29, 0.717) is 25.7 Å². The van der Waals surface area contributed by atoms with Gasteiger partial charge in [0.25, 0.3) is 0 Å². The van der Waals surface area contributed by atoms with Gasteiger partial charge >= 0.3 is 0 Å². The minimum Gasteiger partial charge on any atom is -0.399 e. The molecule has 1 aromatic carbocycles. The molecule has 0 heterocycles. The number of nitrogens with one attached hydrogen (secondary N) is 1. The second-order valence-electron chi connectivity index (χ2n) is 5.34. The minimum atomic E-state index is -4.16. The van der Waals surface area contributed by atoms with Crippen LogP contribution in [0.4, 0.5) is 14.5 Å². The van der Waals surface area contributed by atoms with E-state index in [0.717, 1.165) is 12.1 Å². The lowest BCUT2D eigenvalue weighted by Gasteiger charge is -2.25. The van der Waals surface area contributed by atoms with E-state index in [1.165, 1.54) is 0 Å². The molecule has 0 atom stereocenters. The number of aliphatic hydroxyl groups excluding tert-OH is 1. The van der Waals surface area contributed by atoms with Crippen LogP contribution in [0.25, 0.3) is 0 Å². The predicted octanol–water partition coefficient (Wildman–Crippen LogP) is 1.38. The summed E-state index contributed by atoms with van der Waals surface area (Å²) in [5.74, 6) is -2.65. The van der Waals surface area contributed by atoms with Crippen molar-refractivity contribution in [2.24, 2.45) is 5.92 Å². The Bertz CT molecular complexity index is 614. The summed E-state index contributed by atoms with van der Waals surface area (Å²) in [5, 5.41) is 9.39. The van der Waals surface area contributed by atoms with E-state index >= 15 is 0 Å². The topological polar surface area (TPSA) is 92.4 Å². The molecule has 0 saturated heterocycles. The Kier molecular flexibility index (Phi) is 4.80. The highest BCUT2D eigenvalue weighted by Gasteiger charge is 2.25. The summed E-state index contributed by atoms with van der Waals surface area (Å²) in [6.07, 6.45) is 2.29. The molecule has 0 spiro atoms. The third-order valence-electron chi connectivity index (χ3n) is 3.68. The van der Waals surface area contributed by atoms with Gasteiger partial charge in [-0.25, -0.2) is 21.9 Å². The Labute approximate surface area is 122 Å². The monoisotopic (exact) mass is 320 g/mol. The maximum Gasteiger partial charge on any atom is 0.243 e. The lowest BCUT2D eigenvalue weighted by Crippen LogP contribution is -2.32. The van der Waals surface area contributed by atoms with E-state index in [-0.39, 0.29) is 24.3 Å². The Morgan fingerprint density at radius 3 is 2.48 bits per heavy atom. The lowest BCUT2D eigenvalue weighted by molar-refractivity contribution is 0.109. The first-order valence-corrected chi connectivity index (χ1v) is 8.20. The van der Waals surface area contributed by atoms with E-state index in [2.05, 4.69) is 4.72 Å². The second-order valence-corrected chi connectivity index (χ2v) is 7.08. The number of anilines is 1. The van der Waals surface area contributed by atoms with Gasteiger partial charge in [-0.1, -0.05) is 0 Å². The molecule has 0 amide bonds. The largest absolute Gasteiger partial charge is 0.399 e. The standard InChI is InChI=1S/C13H18F2N2O3S/c14-11-5-9(16)6-12(13(11)15)21(19,20)17-7-8-1-3-10(18)4-2-8/h5-6,8,10,17-18H,1-4,7,16H2. The summed E-state index contributed by atoms with van der Waals surface area (Å²) in [6.45, 7) is 0.130. The van der Waals surface area contributed by atoms with Crippen molar-refractivity contribution in [3.8, 4) is 0 Å². The molecule has 1 fully saturated rings. The van der Waals surface area contributed by atoms with Gasteiger partial charge in [-0.2, -0.15) is 0 Å². The molecule has 0 aliphatic heterocycles. The number of sulfonamides is 1. The van der Waals surface area contributed by atoms with E-state index in [1.54, 1.807) is 0 Å². The number of halogens is 2. The van der Waals surface area contributed by atoms with Gasteiger partial charge < -0.3 is 10.8 Å². The fourth-order valence-electron chi connectivity index (χ4n) is 2.43. The molecule has 5 nitrogen and oxygen atoms in total. The normalized spacial score (nSPS) is 23.2. The van der Waals surface area contributed by atoms with Crippen molar-refractivity contribution in [2.45, 2.75) is 36.7 Å². The van der Waals surface area contributed by atoms with Crippen molar-refractivity contribution in [2.75, 3.05) is 12.3 Å². The number of nitrogen functional groups attached to an aromatic ring is 1. The second kappa shape index (κ2) is 6.25. The van der Waals surface area contributed by atoms with Crippen LogP contribution in [0.5, 0.6) is 0 Å². The van der Waals surface area contributed by atoms with Crippen LogP contribution >= 0.6 is 0 Å². The number of nitrogens with two attached hydrogens (primary N) is 1. The van der Waals surface area contributed by atoms with Crippen molar-refractivity contribution in [3.63, 3.8) is 0 Å². The van der Waals surface area contributed by atoms with Crippen molar-refractivity contribution in [3.05, 3.63) is 23.8 Å². The molecule has 1 aromatic rings. The van der Waals surface area contributed by atoms with E-state index in [4.69, 9.17) is 5.73 Å². The molecule has 4 N–H and O–H groups in total. The predicted molar refractivity (Wildman–Crippen MR) is 73.9 cm³/mol. The first-order chi connectivity index (χ1) is 9.79. The SMILES string of the molecule is Nc1cc(F)c(F)c(S(=O)(=O)NCC2CCC(O)CC2)c1. The van der Waals surface area contributed by atoms with Crippen molar-refractivity contribution < 1.29 is 22.3 Å². The number of hydrogen-bond donors (Lipinski definition) is 3. The van der Waals surface area contributed by atoms with E-state index in [1.807, 2.05) is 0 Å². The van der Waals surface area contributed by atoms with Crippen LogP contribution in [0.15, 0.2) is 17.0 Å². The van der Waals surface area contributed by atoms with Crippen LogP contribution in [-0.2, 0) is 10.0 Å². The van der Waals surface area contributed by atoms with Gasteiger partial charge in [0.1, 0.15) is 4.90 Å². The van der Waals surface area contributed by atoms with Crippen LogP contribution in [-0.4, -0.2) is 26.2 Å². The Balaban J connectivity index is 2.09. The average molecular weight is 320 g/mol. The Hall–Kier alpha value is -1.25. The van der Waals surface area contributed by atoms with Crippen LogP contribution < -0.4 is 10.5 Å². The molecule has 0 unspecified atom stereocenters. The molecule has 21 heavy (non-hydrogen) atoms. The first kappa shape index (κ1) is 16.1. The number of aliphatic hydroxyl groups is 1. The quantitative estimate of drug-likeness (QED) is 0.731. The van der Waals surface area contributed by atoms with Crippen molar-refractivity contribution in [1.82, 2.24) is 4.72 Å². The molecule has 0 bridgehead atoms. The van der Waals surface area contributed by atoms with Crippen LogP contribution in [0.3, 0.4) is 0 Å². The van der Waals surface area contributed by atoms with Gasteiger partial charge in [0.05, 0.1) is 6.10 Å². The zero-order valence-electron chi connectivity index (χ0n) is 11.4. The molecule has 0 radical (unpaired) electrons. The smallest absolute Gasteiger partial charge is 0.243 e. The summed E-state index contributed by atoms with van der Waals surface area (Å²) in [5.41, 5.74) is 5.20. The molecule has 8 heteroatoms. The number of benzene rings is 1. The zero-order chi connectivity index (χ0) is 15.6. The Morgan fingerprint density at radius 2 is 1.86 bits per heavy atom.